The zero-order chi connectivity index (χ0) is 20.4. The lowest BCUT2D eigenvalue weighted by molar-refractivity contribution is -0.134. The summed E-state index contributed by atoms with van der Waals surface area (Å²) < 4.78 is 0. The summed E-state index contributed by atoms with van der Waals surface area (Å²) in [7, 11) is 1.74. The molecule has 2 heterocycles. The Bertz CT molecular complexity index is 897. The van der Waals surface area contributed by atoms with Crippen molar-refractivity contribution in [1.82, 2.24) is 20.1 Å². The summed E-state index contributed by atoms with van der Waals surface area (Å²) in [4.78, 5) is 43.8. The molecule has 3 rings (SSSR count). The number of thiazole rings is 1. The van der Waals surface area contributed by atoms with Gasteiger partial charge < -0.3 is 10.2 Å². The summed E-state index contributed by atoms with van der Waals surface area (Å²) in [5, 5.41) is 10.3. The van der Waals surface area contributed by atoms with Crippen LogP contribution in [0, 0.1) is 19.8 Å². The first kappa shape index (κ1) is 20.2. The zero-order valence-electron chi connectivity index (χ0n) is 16.6. The third kappa shape index (κ3) is 4.14. The minimum absolute atomic E-state index is 0.0800. The smallest absolute Gasteiger partial charge is 0.226 e. The van der Waals surface area contributed by atoms with E-state index >= 15 is 0 Å². The quantitative estimate of drug-likeness (QED) is 0.771. The predicted molar refractivity (Wildman–Crippen MR) is 106 cm³/mol. The van der Waals surface area contributed by atoms with Crippen LogP contribution in [-0.2, 0) is 22.6 Å². The van der Waals surface area contributed by atoms with Crippen molar-refractivity contribution in [3.05, 3.63) is 27.5 Å². The summed E-state index contributed by atoms with van der Waals surface area (Å²) in [5.74, 6) is -0.709. The van der Waals surface area contributed by atoms with Crippen LogP contribution in [0.15, 0.2) is 0 Å². The first-order valence-corrected chi connectivity index (χ1v) is 10.2. The number of aromatic amines is 1. The van der Waals surface area contributed by atoms with Gasteiger partial charge in [0.1, 0.15) is 0 Å². The molecule has 1 aliphatic carbocycles. The van der Waals surface area contributed by atoms with Crippen LogP contribution >= 0.6 is 11.3 Å². The number of fused-ring (bicyclic) bond motifs is 1. The number of nitrogens with zero attached hydrogens (tertiary/aromatic N) is 3. The lowest BCUT2D eigenvalue weighted by Gasteiger charge is -2.25. The summed E-state index contributed by atoms with van der Waals surface area (Å²) in [6.07, 6.45) is 1.74. The number of amides is 2. The number of hydrogen-bond acceptors (Lipinski definition) is 6. The van der Waals surface area contributed by atoms with Crippen molar-refractivity contribution < 1.29 is 14.4 Å². The molecule has 1 aliphatic rings. The highest BCUT2D eigenvalue weighted by Crippen LogP contribution is 2.33. The van der Waals surface area contributed by atoms with Gasteiger partial charge in [-0.25, -0.2) is 4.98 Å². The lowest BCUT2D eigenvalue weighted by atomic mass is 9.89. The van der Waals surface area contributed by atoms with Crippen molar-refractivity contribution in [1.29, 1.82) is 0 Å². The molecule has 0 radical (unpaired) electrons. The fourth-order valence-corrected chi connectivity index (χ4v) is 4.36. The zero-order valence-corrected chi connectivity index (χ0v) is 17.4. The number of Topliss-reactive ketones (excluding diaryl/α,β-unsaturated/α-hetero) is 1. The maximum atomic E-state index is 12.9. The Balaban J connectivity index is 1.70. The summed E-state index contributed by atoms with van der Waals surface area (Å²) >= 11 is 1.20. The van der Waals surface area contributed by atoms with E-state index in [1.165, 1.54) is 11.3 Å². The van der Waals surface area contributed by atoms with Crippen molar-refractivity contribution in [2.24, 2.45) is 5.92 Å². The Morgan fingerprint density at radius 3 is 2.71 bits per heavy atom. The van der Waals surface area contributed by atoms with Gasteiger partial charge in [0, 0.05) is 44.1 Å². The number of aromatic nitrogens is 3. The molecule has 0 saturated carbocycles. The second-order valence-corrected chi connectivity index (χ2v) is 8.23. The normalized spacial score (nSPS) is 16.0. The molecule has 9 heteroatoms. The molecule has 0 spiro atoms. The lowest BCUT2D eigenvalue weighted by Crippen LogP contribution is -2.36. The number of carbonyl (C=O) groups is 3. The molecule has 0 aliphatic heterocycles. The highest BCUT2D eigenvalue weighted by molar-refractivity contribution is 7.17. The van der Waals surface area contributed by atoms with Gasteiger partial charge in [-0.15, -0.1) is 0 Å². The predicted octanol–water partition coefficient (Wildman–Crippen LogP) is 2.63. The Morgan fingerprint density at radius 1 is 1.32 bits per heavy atom. The molecular formula is C19H25N5O3S. The Morgan fingerprint density at radius 2 is 2.07 bits per heavy atom. The van der Waals surface area contributed by atoms with Crippen molar-refractivity contribution >= 4 is 34.1 Å². The first-order valence-electron chi connectivity index (χ1n) is 9.38. The summed E-state index contributed by atoms with van der Waals surface area (Å²) in [6.45, 7) is 6.19. The molecule has 150 valence electrons. The van der Waals surface area contributed by atoms with Gasteiger partial charge in [0.2, 0.25) is 11.8 Å². The molecule has 0 aromatic carbocycles. The van der Waals surface area contributed by atoms with Crippen LogP contribution in [0.3, 0.4) is 0 Å². The van der Waals surface area contributed by atoms with E-state index in [2.05, 4.69) is 20.5 Å². The van der Waals surface area contributed by atoms with Gasteiger partial charge in [-0.1, -0.05) is 18.3 Å². The number of anilines is 1. The van der Waals surface area contributed by atoms with Gasteiger partial charge in [0.25, 0.3) is 0 Å². The van der Waals surface area contributed by atoms with E-state index in [0.717, 1.165) is 23.4 Å². The standard InChI is InChI=1S/C19H25N5O3S/c1-5-6-16(26)21-19-20-14-7-12(8-15(25)17(14)28-19)18(27)24(4)9-13-10(2)22-23-11(13)3/h12H,5-9H2,1-4H3,(H,22,23)(H,20,21,26). The number of H-pyrrole nitrogens is 1. The average Bonchev–Trinajstić information content (AvgIpc) is 3.19. The van der Waals surface area contributed by atoms with Gasteiger partial charge in [0.15, 0.2) is 10.9 Å². The largest absolute Gasteiger partial charge is 0.341 e. The van der Waals surface area contributed by atoms with Crippen molar-refractivity contribution in [2.75, 3.05) is 12.4 Å². The van der Waals surface area contributed by atoms with Crippen LogP contribution < -0.4 is 5.32 Å². The maximum Gasteiger partial charge on any atom is 0.226 e. The summed E-state index contributed by atoms with van der Waals surface area (Å²) in [5.41, 5.74) is 3.40. The molecule has 1 unspecified atom stereocenters. The van der Waals surface area contributed by atoms with E-state index in [1.807, 2.05) is 20.8 Å². The molecule has 2 aromatic rings. The molecule has 8 nitrogen and oxygen atoms in total. The van der Waals surface area contributed by atoms with Crippen LogP contribution in [0.25, 0.3) is 0 Å². The summed E-state index contributed by atoms with van der Waals surface area (Å²) in [6, 6.07) is 0. The maximum absolute atomic E-state index is 12.9. The minimum atomic E-state index is -0.432. The van der Waals surface area contributed by atoms with Gasteiger partial charge in [-0.2, -0.15) is 5.10 Å². The van der Waals surface area contributed by atoms with Crippen molar-refractivity contribution in [3.63, 3.8) is 0 Å². The molecule has 0 bridgehead atoms. The van der Waals surface area contributed by atoms with Crippen molar-refractivity contribution in [2.45, 2.75) is 53.0 Å². The van der Waals surface area contributed by atoms with E-state index < -0.39 is 5.92 Å². The molecule has 28 heavy (non-hydrogen) atoms. The molecular weight excluding hydrogens is 378 g/mol. The van der Waals surface area contributed by atoms with Crippen molar-refractivity contribution in [3.8, 4) is 0 Å². The number of carbonyl (C=O) groups excluding carboxylic acids is 3. The highest BCUT2D eigenvalue weighted by Gasteiger charge is 2.34. The Labute approximate surface area is 167 Å². The van der Waals surface area contributed by atoms with E-state index in [9.17, 15) is 14.4 Å². The fraction of sp³-hybridized carbons (Fsp3) is 0.526. The van der Waals surface area contributed by atoms with Crippen LogP contribution in [0.1, 0.15) is 58.5 Å². The minimum Gasteiger partial charge on any atom is -0.341 e. The van der Waals surface area contributed by atoms with Crippen LogP contribution in [0.5, 0.6) is 0 Å². The van der Waals surface area contributed by atoms with Crippen LogP contribution in [0.2, 0.25) is 0 Å². The molecule has 2 aromatic heterocycles. The second kappa shape index (κ2) is 8.22. The molecule has 2 amide bonds. The van der Waals surface area contributed by atoms with Crippen LogP contribution in [-0.4, -0.2) is 44.7 Å². The van der Waals surface area contributed by atoms with E-state index in [-0.39, 0.29) is 24.0 Å². The average molecular weight is 404 g/mol. The van der Waals surface area contributed by atoms with Gasteiger partial charge >= 0.3 is 0 Å². The monoisotopic (exact) mass is 403 g/mol. The van der Waals surface area contributed by atoms with Gasteiger partial charge in [0.05, 0.1) is 22.2 Å². The van der Waals surface area contributed by atoms with E-state index in [4.69, 9.17) is 0 Å². The SMILES string of the molecule is CCCC(=O)Nc1nc2c(s1)C(=O)CC(C(=O)N(C)Cc1c(C)n[nH]c1C)C2. The highest BCUT2D eigenvalue weighted by atomic mass is 32.1. The second-order valence-electron chi connectivity index (χ2n) is 7.23. The van der Waals surface area contributed by atoms with Gasteiger partial charge in [-0.3, -0.25) is 19.5 Å². The van der Waals surface area contributed by atoms with Gasteiger partial charge in [-0.05, 0) is 20.3 Å². The first-order chi connectivity index (χ1) is 13.3. The molecule has 2 N–H and O–H groups in total. The number of rotatable bonds is 6. The Hall–Kier alpha value is -2.55. The van der Waals surface area contributed by atoms with Crippen LogP contribution in [0.4, 0.5) is 5.13 Å². The number of hydrogen-bond donors (Lipinski definition) is 2. The third-order valence-corrected chi connectivity index (χ3v) is 6.00. The Kier molecular flexibility index (Phi) is 5.93. The number of nitrogens with one attached hydrogen (secondary N) is 2. The molecule has 1 atom stereocenters. The molecule has 0 fully saturated rings. The fourth-order valence-electron chi connectivity index (χ4n) is 3.40. The van der Waals surface area contributed by atoms with E-state index in [0.29, 0.717) is 35.1 Å². The third-order valence-electron chi connectivity index (χ3n) is 4.95. The topological polar surface area (TPSA) is 108 Å². The van der Waals surface area contributed by atoms with E-state index in [1.54, 1.807) is 11.9 Å². The number of ketones is 1. The molecule has 0 saturated heterocycles. The number of aryl methyl sites for hydroxylation is 2.